The molecule has 1 aliphatic rings. The molecular formula is C21H37FN4O3Si. The third-order valence-corrected chi connectivity index (χ3v) is 10.8. The van der Waals surface area contributed by atoms with Crippen LogP contribution in [-0.2, 0) is 4.43 Å². The zero-order valence-corrected chi connectivity index (χ0v) is 20.1. The minimum absolute atomic E-state index is 0.0208. The lowest BCUT2D eigenvalue weighted by Crippen LogP contribution is -2.45. The molecule has 3 N–H and O–H groups in total. The number of aromatic nitrogens is 2. The first-order chi connectivity index (χ1) is 13.9. The molecular weight excluding hydrogens is 403 g/mol. The summed E-state index contributed by atoms with van der Waals surface area (Å²) in [6, 6.07) is 0.120. The van der Waals surface area contributed by atoms with Gasteiger partial charge in [-0.2, -0.15) is 4.98 Å². The Morgan fingerprint density at radius 1 is 1.33 bits per heavy atom. The molecule has 0 aromatic carbocycles. The van der Waals surface area contributed by atoms with Gasteiger partial charge < -0.3 is 20.2 Å². The van der Waals surface area contributed by atoms with Gasteiger partial charge in [-0.05, 0) is 50.2 Å². The van der Waals surface area contributed by atoms with Crippen LogP contribution in [0, 0.1) is 0 Å². The minimum Gasteiger partial charge on any atom is -0.477 e. The maximum atomic E-state index is 13.5. The molecule has 1 unspecified atom stereocenters. The molecule has 1 saturated carbocycles. The number of carboxylic acids is 1. The molecule has 0 saturated heterocycles. The van der Waals surface area contributed by atoms with E-state index in [4.69, 9.17) is 4.43 Å². The van der Waals surface area contributed by atoms with Crippen LogP contribution in [0.4, 0.5) is 16.2 Å². The van der Waals surface area contributed by atoms with E-state index in [0.29, 0.717) is 6.42 Å². The Labute approximate surface area is 180 Å². The van der Waals surface area contributed by atoms with Crippen molar-refractivity contribution in [1.82, 2.24) is 9.97 Å². The summed E-state index contributed by atoms with van der Waals surface area (Å²) < 4.78 is 20.0. The average molecular weight is 441 g/mol. The van der Waals surface area contributed by atoms with E-state index in [1.807, 2.05) is 0 Å². The molecule has 0 radical (unpaired) electrons. The monoisotopic (exact) mass is 440 g/mol. The maximum Gasteiger partial charge on any atom is 0.341 e. The predicted molar refractivity (Wildman–Crippen MR) is 121 cm³/mol. The van der Waals surface area contributed by atoms with Gasteiger partial charge in [0.05, 0.1) is 0 Å². The molecule has 1 aromatic rings. The van der Waals surface area contributed by atoms with E-state index >= 15 is 0 Å². The van der Waals surface area contributed by atoms with Crippen LogP contribution in [0.2, 0.25) is 18.1 Å². The number of aromatic carboxylic acids is 1. The highest BCUT2D eigenvalue weighted by molar-refractivity contribution is 6.74. The number of halogens is 1. The van der Waals surface area contributed by atoms with Gasteiger partial charge in [-0.1, -0.05) is 27.7 Å². The van der Waals surface area contributed by atoms with Crippen molar-refractivity contribution in [2.45, 2.75) is 96.2 Å². The fraction of sp³-hybridized carbons (Fsp3) is 0.762. The van der Waals surface area contributed by atoms with Crippen LogP contribution in [-0.4, -0.2) is 54.2 Å². The molecule has 2 rings (SSSR count). The van der Waals surface area contributed by atoms with E-state index in [1.54, 1.807) is 6.92 Å². The number of carbonyl (C=O) groups is 1. The number of nitrogens with zero attached hydrogens (tertiary/aromatic N) is 2. The molecule has 1 fully saturated rings. The van der Waals surface area contributed by atoms with Gasteiger partial charge in [0.1, 0.15) is 17.6 Å². The van der Waals surface area contributed by atoms with Gasteiger partial charge in [0.25, 0.3) is 0 Å². The highest BCUT2D eigenvalue weighted by Crippen LogP contribution is 2.39. The van der Waals surface area contributed by atoms with Crippen LogP contribution in [0.15, 0.2) is 6.20 Å². The van der Waals surface area contributed by atoms with Crippen LogP contribution in [0.5, 0.6) is 0 Å². The fourth-order valence-electron chi connectivity index (χ4n) is 3.19. The SMILES string of the molecule is CCC(F)CNc1ncc(C(=O)O)c(N[C@H]2CC[C@H](O[Si](C)(C)C(C)(C)C)CC2)n1. The molecule has 1 heterocycles. The largest absolute Gasteiger partial charge is 0.477 e. The maximum absolute atomic E-state index is 13.5. The quantitative estimate of drug-likeness (QED) is 0.461. The number of alkyl halides is 1. The molecule has 0 spiro atoms. The van der Waals surface area contributed by atoms with E-state index in [1.165, 1.54) is 6.20 Å². The number of nitrogens with one attached hydrogen (secondary N) is 2. The zero-order valence-electron chi connectivity index (χ0n) is 19.1. The smallest absolute Gasteiger partial charge is 0.341 e. The third-order valence-electron chi connectivity index (χ3n) is 6.23. The lowest BCUT2D eigenvalue weighted by molar-refractivity contribution is 0.0697. The summed E-state index contributed by atoms with van der Waals surface area (Å²) in [5, 5.41) is 15.8. The second-order valence-corrected chi connectivity index (χ2v) is 14.4. The molecule has 1 aromatic heterocycles. The van der Waals surface area contributed by atoms with Gasteiger partial charge >= 0.3 is 5.97 Å². The first-order valence-corrected chi connectivity index (χ1v) is 13.8. The Morgan fingerprint density at radius 2 is 1.97 bits per heavy atom. The number of carboxylic acid groups (broad SMARTS) is 1. The zero-order chi connectivity index (χ0) is 22.5. The average Bonchev–Trinajstić information content (AvgIpc) is 2.66. The molecule has 0 bridgehead atoms. The van der Waals surface area contributed by atoms with Gasteiger partial charge in [0.2, 0.25) is 5.95 Å². The highest BCUT2D eigenvalue weighted by atomic mass is 28.4. The van der Waals surface area contributed by atoms with Crippen molar-refractivity contribution in [3.63, 3.8) is 0 Å². The lowest BCUT2D eigenvalue weighted by atomic mass is 9.93. The number of anilines is 2. The van der Waals surface area contributed by atoms with E-state index in [0.717, 1.165) is 25.7 Å². The van der Waals surface area contributed by atoms with Crippen LogP contribution in [0.3, 0.4) is 0 Å². The predicted octanol–water partition coefficient (Wildman–Crippen LogP) is 5.08. The Hall–Kier alpha value is -1.74. The summed E-state index contributed by atoms with van der Waals surface area (Å²) in [5.41, 5.74) is 0.0208. The standard InChI is InChI=1S/C21H37FN4O3Si/c1-7-14(22)12-23-20-24-13-17(19(27)28)18(26-20)25-15-8-10-16(11-9-15)29-30(5,6)21(2,3)4/h13-16H,7-12H2,1-6H3,(H,27,28)(H2,23,24,25,26)/t14?,15-,16-. The van der Waals surface area contributed by atoms with E-state index in [9.17, 15) is 14.3 Å². The van der Waals surface area contributed by atoms with Crippen molar-refractivity contribution in [1.29, 1.82) is 0 Å². The van der Waals surface area contributed by atoms with E-state index in [2.05, 4.69) is 54.5 Å². The second-order valence-electron chi connectivity index (χ2n) is 9.64. The summed E-state index contributed by atoms with van der Waals surface area (Å²) in [6.07, 6.45) is 4.55. The minimum atomic E-state index is -1.80. The van der Waals surface area contributed by atoms with Crippen LogP contribution in [0.25, 0.3) is 0 Å². The van der Waals surface area contributed by atoms with Crippen molar-refractivity contribution in [3.05, 3.63) is 11.8 Å². The van der Waals surface area contributed by atoms with Crippen molar-refractivity contribution < 1.29 is 18.7 Å². The van der Waals surface area contributed by atoms with Gasteiger partial charge in [0, 0.05) is 24.9 Å². The van der Waals surface area contributed by atoms with Crippen LogP contribution >= 0.6 is 0 Å². The van der Waals surface area contributed by atoms with Crippen molar-refractivity contribution in [2.24, 2.45) is 0 Å². The molecule has 9 heteroatoms. The van der Waals surface area contributed by atoms with Gasteiger partial charge in [0.15, 0.2) is 8.32 Å². The lowest BCUT2D eigenvalue weighted by Gasteiger charge is -2.41. The first-order valence-electron chi connectivity index (χ1n) is 10.9. The van der Waals surface area contributed by atoms with Crippen molar-refractivity contribution >= 4 is 26.1 Å². The topological polar surface area (TPSA) is 96.4 Å². The number of hydrogen-bond donors (Lipinski definition) is 3. The normalized spacial score (nSPS) is 21.2. The van der Waals surface area contributed by atoms with E-state index < -0.39 is 20.5 Å². The molecule has 1 aliphatic carbocycles. The Bertz CT molecular complexity index is 719. The summed E-state index contributed by atoms with van der Waals surface area (Å²) in [7, 11) is -1.80. The van der Waals surface area contributed by atoms with Crippen molar-refractivity contribution in [3.8, 4) is 0 Å². The van der Waals surface area contributed by atoms with Crippen LogP contribution < -0.4 is 10.6 Å². The molecule has 0 amide bonds. The second kappa shape index (κ2) is 10.0. The van der Waals surface area contributed by atoms with Gasteiger partial charge in [-0.15, -0.1) is 0 Å². The number of rotatable bonds is 9. The Morgan fingerprint density at radius 3 is 2.50 bits per heavy atom. The molecule has 170 valence electrons. The third kappa shape index (κ3) is 6.63. The van der Waals surface area contributed by atoms with Gasteiger partial charge in [-0.3, -0.25) is 0 Å². The summed E-state index contributed by atoms with van der Waals surface area (Å²) in [5.74, 6) is -0.579. The fourth-order valence-corrected chi connectivity index (χ4v) is 4.61. The molecule has 7 nitrogen and oxygen atoms in total. The number of hydrogen-bond acceptors (Lipinski definition) is 6. The Kier molecular flexibility index (Phi) is 8.21. The molecule has 0 aliphatic heterocycles. The summed E-state index contributed by atoms with van der Waals surface area (Å²) >= 11 is 0. The molecule has 1 atom stereocenters. The van der Waals surface area contributed by atoms with Gasteiger partial charge in [-0.25, -0.2) is 14.2 Å². The summed E-state index contributed by atoms with van der Waals surface area (Å²) in [6.45, 7) is 13.1. The van der Waals surface area contributed by atoms with Crippen molar-refractivity contribution in [2.75, 3.05) is 17.2 Å². The van der Waals surface area contributed by atoms with E-state index in [-0.39, 0.29) is 41.1 Å². The highest BCUT2D eigenvalue weighted by Gasteiger charge is 2.39. The Balaban J connectivity index is 2.00. The van der Waals surface area contributed by atoms with Crippen LogP contribution in [0.1, 0.15) is 70.2 Å². The first kappa shape index (κ1) is 24.5. The molecule has 30 heavy (non-hydrogen) atoms. The summed E-state index contributed by atoms with van der Waals surface area (Å²) in [4.78, 5) is 19.9.